The van der Waals surface area contributed by atoms with E-state index in [0.717, 1.165) is 25.7 Å². The van der Waals surface area contributed by atoms with Crippen molar-refractivity contribution < 1.29 is 9.53 Å². The Bertz CT molecular complexity index is 334. The van der Waals surface area contributed by atoms with Crippen molar-refractivity contribution in [2.75, 3.05) is 7.05 Å². The van der Waals surface area contributed by atoms with Crippen molar-refractivity contribution >= 4 is 6.09 Å². The van der Waals surface area contributed by atoms with Gasteiger partial charge in [-0.25, -0.2) is 4.79 Å². The van der Waals surface area contributed by atoms with Crippen LogP contribution in [0, 0.1) is 0 Å². The molecule has 4 heteroatoms. The number of hydrogen-bond acceptors (Lipinski definition) is 3. The Labute approximate surface area is 108 Å². The number of nitrogens with zero attached hydrogens (tertiary/aromatic N) is 1. The summed E-state index contributed by atoms with van der Waals surface area (Å²) < 4.78 is 5.57. The van der Waals surface area contributed by atoms with Crippen molar-refractivity contribution in [2.24, 2.45) is 0 Å². The highest BCUT2D eigenvalue weighted by Gasteiger charge is 2.36. The highest BCUT2D eigenvalue weighted by Crippen LogP contribution is 2.30. The number of hydrogen-bond donors (Lipinski definition) is 1. The van der Waals surface area contributed by atoms with Crippen LogP contribution < -0.4 is 5.32 Å². The number of alkyl carbamates (subject to hydrolysis) is 1. The molecule has 2 bridgehead atoms. The van der Waals surface area contributed by atoms with Crippen molar-refractivity contribution in [1.29, 1.82) is 0 Å². The lowest BCUT2D eigenvalue weighted by Gasteiger charge is -2.36. The Balaban J connectivity index is 1.47. The molecule has 2 heterocycles. The highest BCUT2D eigenvalue weighted by atomic mass is 16.6. The summed E-state index contributed by atoms with van der Waals surface area (Å²) in [5.74, 6) is 0. The summed E-state index contributed by atoms with van der Waals surface area (Å²) in [6.45, 7) is 0. The maximum atomic E-state index is 11.8. The van der Waals surface area contributed by atoms with Crippen molar-refractivity contribution in [3.8, 4) is 0 Å². The molecule has 1 aliphatic carbocycles. The van der Waals surface area contributed by atoms with Gasteiger partial charge >= 0.3 is 6.09 Å². The fourth-order valence-corrected chi connectivity index (χ4v) is 3.42. The van der Waals surface area contributed by atoms with Gasteiger partial charge in [-0.05, 0) is 19.9 Å². The van der Waals surface area contributed by atoms with Crippen LogP contribution in [0.3, 0.4) is 0 Å². The monoisotopic (exact) mass is 250 g/mol. The van der Waals surface area contributed by atoms with Gasteiger partial charge < -0.3 is 10.1 Å². The van der Waals surface area contributed by atoms with E-state index in [1.807, 2.05) is 0 Å². The number of rotatable bonds is 2. The van der Waals surface area contributed by atoms with Gasteiger partial charge in [0.2, 0.25) is 0 Å². The molecule has 0 aromatic heterocycles. The van der Waals surface area contributed by atoms with Crippen LogP contribution in [0.4, 0.5) is 4.79 Å². The van der Waals surface area contributed by atoms with Crippen LogP contribution in [-0.2, 0) is 4.74 Å². The highest BCUT2D eigenvalue weighted by molar-refractivity contribution is 5.67. The third-order valence-corrected chi connectivity index (χ3v) is 4.56. The minimum Gasteiger partial charge on any atom is -0.446 e. The molecule has 2 fully saturated rings. The SMILES string of the molecule is CN1[C@@H]2C=C[C@H]1CC(OC(=O)NC1CCCC1)C2. The predicted molar refractivity (Wildman–Crippen MR) is 69.4 cm³/mol. The quantitative estimate of drug-likeness (QED) is 0.763. The van der Waals surface area contributed by atoms with Gasteiger partial charge in [0.1, 0.15) is 6.10 Å². The number of piperidine rings is 1. The summed E-state index contributed by atoms with van der Waals surface area (Å²) in [7, 11) is 2.14. The van der Waals surface area contributed by atoms with Crippen LogP contribution in [-0.4, -0.2) is 42.3 Å². The summed E-state index contributed by atoms with van der Waals surface area (Å²) in [5, 5.41) is 2.99. The van der Waals surface area contributed by atoms with Crippen LogP contribution in [0.5, 0.6) is 0 Å². The zero-order valence-corrected chi connectivity index (χ0v) is 11.0. The van der Waals surface area contributed by atoms with Crippen molar-refractivity contribution in [2.45, 2.75) is 62.8 Å². The zero-order valence-electron chi connectivity index (χ0n) is 11.0. The molecule has 18 heavy (non-hydrogen) atoms. The molecular formula is C14H22N2O2. The van der Waals surface area contributed by atoms with E-state index in [4.69, 9.17) is 4.74 Å². The van der Waals surface area contributed by atoms with E-state index in [0.29, 0.717) is 18.1 Å². The van der Waals surface area contributed by atoms with Gasteiger partial charge in [-0.2, -0.15) is 0 Å². The van der Waals surface area contributed by atoms with Gasteiger partial charge in [0.05, 0.1) is 0 Å². The number of nitrogens with one attached hydrogen (secondary N) is 1. The smallest absolute Gasteiger partial charge is 0.407 e. The normalized spacial score (nSPS) is 35.9. The van der Waals surface area contributed by atoms with E-state index >= 15 is 0 Å². The average Bonchev–Trinajstić information content (AvgIpc) is 2.87. The maximum Gasteiger partial charge on any atom is 0.407 e. The number of fused-ring (bicyclic) bond motifs is 2. The van der Waals surface area contributed by atoms with Crippen molar-refractivity contribution in [1.82, 2.24) is 10.2 Å². The van der Waals surface area contributed by atoms with E-state index in [9.17, 15) is 4.79 Å². The molecule has 0 radical (unpaired) electrons. The molecule has 3 aliphatic rings. The third-order valence-electron chi connectivity index (χ3n) is 4.56. The molecule has 4 nitrogen and oxygen atoms in total. The van der Waals surface area contributed by atoms with Gasteiger partial charge in [0.15, 0.2) is 0 Å². The van der Waals surface area contributed by atoms with Gasteiger partial charge in [-0.3, -0.25) is 4.90 Å². The van der Waals surface area contributed by atoms with E-state index in [-0.39, 0.29) is 12.2 Å². The second-order valence-corrected chi connectivity index (χ2v) is 5.81. The summed E-state index contributed by atoms with van der Waals surface area (Å²) in [6, 6.07) is 1.25. The molecule has 0 aromatic carbocycles. The zero-order chi connectivity index (χ0) is 12.5. The Hall–Kier alpha value is -1.03. The average molecular weight is 250 g/mol. The van der Waals surface area contributed by atoms with Gasteiger partial charge in [-0.1, -0.05) is 25.0 Å². The molecule has 0 aromatic rings. The first-order chi connectivity index (χ1) is 8.72. The predicted octanol–water partition coefficient (Wildman–Crippen LogP) is 2.06. The Kier molecular flexibility index (Phi) is 3.29. The number of amides is 1. The minimum absolute atomic E-state index is 0.0765. The Morgan fingerprint density at radius 3 is 2.44 bits per heavy atom. The van der Waals surface area contributed by atoms with Crippen molar-refractivity contribution in [3.05, 3.63) is 12.2 Å². The van der Waals surface area contributed by atoms with Crippen molar-refractivity contribution in [3.63, 3.8) is 0 Å². The fourth-order valence-electron chi connectivity index (χ4n) is 3.42. The molecule has 1 amide bonds. The first-order valence-corrected chi connectivity index (χ1v) is 7.10. The van der Waals surface area contributed by atoms with E-state index in [1.165, 1.54) is 12.8 Å². The molecular weight excluding hydrogens is 228 g/mol. The van der Waals surface area contributed by atoms with Gasteiger partial charge in [-0.15, -0.1) is 0 Å². The van der Waals surface area contributed by atoms with Gasteiger partial charge in [0.25, 0.3) is 0 Å². The van der Waals surface area contributed by atoms with Crippen LogP contribution >= 0.6 is 0 Å². The lowest BCUT2D eigenvalue weighted by molar-refractivity contribution is 0.0328. The molecule has 0 spiro atoms. The Morgan fingerprint density at radius 1 is 1.22 bits per heavy atom. The molecule has 100 valence electrons. The van der Waals surface area contributed by atoms with Crippen LogP contribution in [0.25, 0.3) is 0 Å². The molecule has 2 aliphatic heterocycles. The number of likely N-dealkylation sites (N-methyl/N-ethyl adjacent to an activating group) is 1. The van der Waals surface area contributed by atoms with Crippen LogP contribution in [0.2, 0.25) is 0 Å². The molecule has 1 saturated heterocycles. The molecule has 1 unspecified atom stereocenters. The second-order valence-electron chi connectivity index (χ2n) is 5.81. The Morgan fingerprint density at radius 2 is 1.83 bits per heavy atom. The standard InChI is InChI=1S/C14H22N2O2/c1-16-11-6-7-12(16)9-13(8-11)18-14(17)15-10-4-2-3-5-10/h6-7,10-13H,2-5,8-9H2,1H3,(H,15,17)/t11-,12+,13?. The maximum absolute atomic E-state index is 11.8. The van der Waals surface area contributed by atoms with Gasteiger partial charge in [0, 0.05) is 31.0 Å². The topological polar surface area (TPSA) is 41.6 Å². The number of carbonyl (C=O) groups excluding carboxylic acids is 1. The molecule has 1 saturated carbocycles. The van der Waals surface area contributed by atoms with E-state index in [1.54, 1.807) is 0 Å². The first-order valence-electron chi connectivity index (χ1n) is 7.10. The second kappa shape index (κ2) is 4.92. The lowest BCUT2D eigenvalue weighted by atomic mass is 10.00. The summed E-state index contributed by atoms with van der Waals surface area (Å²) in [4.78, 5) is 14.2. The molecule has 1 N–H and O–H groups in total. The first kappa shape index (κ1) is 12.0. The summed E-state index contributed by atoms with van der Waals surface area (Å²) in [5.41, 5.74) is 0. The van der Waals surface area contributed by atoms with Crippen LogP contribution in [0.15, 0.2) is 12.2 Å². The molecule has 3 rings (SSSR count). The third kappa shape index (κ3) is 2.39. The fraction of sp³-hybridized carbons (Fsp3) is 0.786. The lowest BCUT2D eigenvalue weighted by Crippen LogP contribution is -2.45. The number of ether oxygens (including phenoxy) is 1. The minimum atomic E-state index is -0.212. The van der Waals surface area contributed by atoms with Crippen LogP contribution in [0.1, 0.15) is 38.5 Å². The molecule has 3 atom stereocenters. The largest absolute Gasteiger partial charge is 0.446 e. The number of carbonyl (C=O) groups is 1. The summed E-state index contributed by atoms with van der Waals surface area (Å²) in [6.07, 6.45) is 10.9. The van der Waals surface area contributed by atoms with E-state index < -0.39 is 0 Å². The summed E-state index contributed by atoms with van der Waals surface area (Å²) >= 11 is 0. The van der Waals surface area contributed by atoms with E-state index in [2.05, 4.69) is 29.4 Å².